The number of rotatable bonds is 4. The molecule has 2 aromatic carbocycles. The Morgan fingerprint density at radius 3 is 2.04 bits per heavy atom. The molecule has 0 atom stereocenters. The van der Waals surface area contributed by atoms with Gasteiger partial charge in [-0.2, -0.15) is 0 Å². The van der Waals surface area contributed by atoms with Gasteiger partial charge in [0.15, 0.2) is 11.5 Å². The first-order valence-electron chi connectivity index (χ1n) is 7.65. The number of benzene rings is 2. The van der Waals surface area contributed by atoms with Crippen LogP contribution in [0, 0.1) is 13.8 Å². The van der Waals surface area contributed by atoms with Gasteiger partial charge < -0.3 is 9.84 Å². The highest BCUT2D eigenvalue weighted by molar-refractivity contribution is 6.37. The summed E-state index contributed by atoms with van der Waals surface area (Å²) in [6.07, 6.45) is 1.06. The normalized spacial score (nSPS) is 9.92. The maximum Gasteiger partial charge on any atom is 0.159 e. The molecule has 0 heterocycles. The monoisotopic (exact) mass is 368 g/mol. The van der Waals surface area contributed by atoms with Crippen LogP contribution in [-0.4, -0.2) is 17.5 Å². The van der Waals surface area contributed by atoms with Crippen LogP contribution in [0.4, 0.5) is 0 Å². The zero-order chi connectivity index (χ0) is 18.3. The summed E-state index contributed by atoms with van der Waals surface area (Å²) < 4.78 is 5.62. The van der Waals surface area contributed by atoms with Crippen molar-refractivity contribution in [3.63, 3.8) is 0 Å². The molecule has 0 aliphatic rings. The molecule has 0 spiro atoms. The van der Waals surface area contributed by atoms with Crippen molar-refractivity contribution in [1.29, 1.82) is 0 Å². The summed E-state index contributed by atoms with van der Waals surface area (Å²) in [5.41, 5.74) is 2.84. The Morgan fingerprint density at radius 1 is 1.12 bits per heavy atom. The van der Waals surface area contributed by atoms with Crippen LogP contribution in [0.3, 0.4) is 0 Å². The third-order valence-corrected chi connectivity index (χ3v) is 3.86. The number of aryl methyl sites for hydroxylation is 2. The summed E-state index contributed by atoms with van der Waals surface area (Å²) in [6.45, 7) is 8.49. The molecule has 0 aromatic heterocycles. The quantitative estimate of drug-likeness (QED) is 0.673. The minimum absolute atomic E-state index is 0.0905. The Labute approximate surface area is 153 Å². The minimum Gasteiger partial charge on any atom is -0.505 e. The first-order chi connectivity index (χ1) is 11.3. The highest BCUT2D eigenvalue weighted by Gasteiger charge is 2.08. The molecule has 1 N–H and O–H groups in total. The second-order valence-electron chi connectivity index (χ2n) is 5.41. The van der Waals surface area contributed by atoms with Gasteiger partial charge in [-0.1, -0.05) is 48.3 Å². The van der Waals surface area contributed by atoms with Gasteiger partial charge in [0.1, 0.15) is 5.75 Å². The van der Waals surface area contributed by atoms with Crippen molar-refractivity contribution in [3.05, 3.63) is 57.1 Å². The van der Waals surface area contributed by atoms with Gasteiger partial charge >= 0.3 is 0 Å². The first-order valence-corrected chi connectivity index (χ1v) is 8.41. The molecule has 2 rings (SSSR count). The lowest BCUT2D eigenvalue weighted by molar-refractivity contribution is 0.101. The Morgan fingerprint density at radius 2 is 1.62 bits per heavy atom. The highest BCUT2D eigenvalue weighted by atomic mass is 35.5. The van der Waals surface area contributed by atoms with Crippen molar-refractivity contribution in [1.82, 2.24) is 0 Å². The van der Waals surface area contributed by atoms with Crippen LogP contribution in [0.1, 0.15) is 41.8 Å². The van der Waals surface area contributed by atoms with Gasteiger partial charge in [0.05, 0.1) is 16.7 Å². The summed E-state index contributed by atoms with van der Waals surface area (Å²) >= 11 is 11.2. The van der Waals surface area contributed by atoms with Crippen molar-refractivity contribution >= 4 is 29.0 Å². The number of carbonyl (C=O) groups is 1. The summed E-state index contributed by atoms with van der Waals surface area (Å²) in [7, 11) is 0. The fourth-order valence-electron chi connectivity index (χ4n) is 2.00. The smallest absolute Gasteiger partial charge is 0.159 e. The van der Waals surface area contributed by atoms with Crippen molar-refractivity contribution < 1.29 is 14.6 Å². The molecule has 0 amide bonds. The zero-order valence-corrected chi connectivity index (χ0v) is 15.8. The standard InChI is InChI=1S/C11H16O.C8H6Cl2O2/c1-4-8-12-11-9(2)6-5-7-10(11)3;1-4(11)5-2-6(9)8(12)7(10)3-5/h5-7H,4,8H2,1-3H3;2-3,12H,1H3. The number of carbonyl (C=O) groups excluding carboxylic acids is 1. The minimum atomic E-state index is -0.191. The molecule has 3 nitrogen and oxygen atoms in total. The van der Waals surface area contributed by atoms with Gasteiger partial charge in [-0.25, -0.2) is 0 Å². The van der Waals surface area contributed by atoms with Crippen LogP contribution >= 0.6 is 23.2 Å². The topological polar surface area (TPSA) is 46.5 Å². The number of phenols is 1. The van der Waals surface area contributed by atoms with E-state index in [0.717, 1.165) is 18.8 Å². The molecule has 2 aromatic rings. The molecule has 0 unspecified atom stereocenters. The number of halogens is 2. The number of aromatic hydroxyl groups is 1. The summed E-state index contributed by atoms with van der Waals surface area (Å²) in [5.74, 6) is 0.724. The Balaban J connectivity index is 0.000000240. The van der Waals surface area contributed by atoms with Gasteiger partial charge in [0, 0.05) is 5.56 Å². The molecule has 0 saturated heterocycles. The number of para-hydroxylation sites is 1. The van der Waals surface area contributed by atoms with Crippen molar-refractivity contribution in [3.8, 4) is 11.5 Å². The van der Waals surface area contributed by atoms with E-state index >= 15 is 0 Å². The Bertz CT molecular complexity index is 668. The average molecular weight is 369 g/mol. The molecule has 5 heteroatoms. The third kappa shape index (κ3) is 5.73. The van der Waals surface area contributed by atoms with E-state index in [4.69, 9.17) is 33.0 Å². The van der Waals surface area contributed by atoms with Crippen LogP contribution in [0.15, 0.2) is 30.3 Å². The average Bonchev–Trinajstić information content (AvgIpc) is 2.52. The Kier molecular flexibility index (Phi) is 8.09. The molecule has 0 bridgehead atoms. The second kappa shape index (κ2) is 9.55. The van der Waals surface area contributed by atoms with Gasteiger partial charge in [-0.05, 0) is 50.5 Å². The van der Waals surface area contributed by atoms with Crippen LogP contribution in [0.5, 0.6) is 11.5 Å². The maximum atomic E-state index is 10.9. The third-order valence-electron chi connectivity index (χ3n) is 3.28. The summed E-state index contributed by atoms with van der Waals surface area (Å²) in [4.78, 5) is 10.9. The fraction of sp³-hybridized carbons (Fsp3) is 0.316. The first kappa shape index (κ1) is 20.3. The van der Waals surface area contributed by atoms with Gasteiger partial charge in [-0.3, -0.25) is 4.79 Å². The van der Waals surface area contributed by atoms with Gasteiger partial charge in [0.25, 0.3) is 0 Å². The molecular formula is C19H22Cl2O3. The van der Waals surface area contributed by atoms with E-state index in [1.54, 1.807) is 0 Å². The molecule has 0 fully saturated rings. The number of phenolic OH excluding ortho intramolecular Hbond substituents is 1. The molecule has 130 valence electrons. The van der Waals surface area contributed by atoms with E-state index in [0.29, 0.717) is 5.56 Å². The van der Waals surface area contributed by atoms with Crippen LogP contribution in [0.2, 0.25) is 10.0 Å². The number of ether oxygens (including phenoxy) is 1. The van der Waals surface area contributed by atoms with E-state index in [9.17, 15) is 4.79 Å². The van der Waals surface area contributed by atoms with Crippen molar-refractivity contribution in [2.24, 2.45) is 0 Å². The van der Waals surface area contributed by atoms with Crippen LogP contribution < -0.4 is 4.74 Å². The lowest BCUT2D eigenvalue weighted by Crippen LogP contribution is -1.98. The van der Waals surface area contributed by atoms with Crippen molar-refractivity contribution in [2.75, 3.05) is 6.61 Å². The lowest BCUT2D eigenvalue weighted by atomic mass is 10.1. The summed E-state index contributed by atoms with van der Waals surface area (Å²) in [5, 5.41) is 9.32. The number of hydrogen-bond acceptors (Lipinski definition) is 3. The number of Topliss-reactive ketones (excluding diaryl/α,β-unsaturated/α-hetero) is 1. The fourth-order valence-corrected chi connectivity index (χ4v) is 2.49. The van der Waals surface area contributed by atoms with Crippen LogP contribution in [-0.2, 0) is 0 Å². The summed E-state index contributed by atoms with van der Waals surface area (Å²) in [6, 6.07) is 8.98. The van der Waals surface area contributed by atoms with E-state index in [1.165, 1.54) is 30.2 Å². The predicted molar refractivity (Wildman–Crippen MR) is 99.8 cm³/mol. The van der Waals surface area contributed by atoms with E-state index < -0.39 is 0 Å². The largest absolute Gasteiger partial charge is 0.505 e. The predicted octanol–water partition coefficient (Wildman–Crippen LogP) is 5.99. The number of hydrogen-bond donors (Lipinski definition) is 1. The number of ketones is 1. The van der Waals surface area contributed by atoms with E-state index in [-0.39, 0.29) is 21.6 Å². The Hall–Kier alpha value is -1.71. The van der Waals surface area contributed by atoms with E-state index in [1.807, 2.05) is 0 Å². The molecule has 0 aliphatic carbocycles. The van der Waals surface area contributed by atoms with Gasteiger partial charge in [0.2, 0.25) is 0 Å². The zero-order valence-electron chi connectivity index (χ0n) is 14.3. The second-order valence-corrected chi connectivity index (χ2v) is 6.23. The maximum absolute atomic E-state index is 10.9. The van der Waals surface area contributed by atoms with Crippen molar-refractivity contribution in [2.45, 2.75) is 34.1 Å². The van der Waals surface area contributed by atoms with Gasteiger partial charge in [-0.15, -0.1) is 0 Å². The van der Waals surface area contributed by atoms with E-state index in [2.05, 4.69) is 39.0 Å². The van der Waals surface area contributed by atoms with Crippen LogP contribution in [0.25, 0.3) is 0 Å². The molecule has 0 radical (unpaired) electrons. The molecular weight excluding hydrogens is 347 g/mol. The SMILES string of the molecule is CC(=O)c1cc(Cl)c(O)c(Cl)c1.CCCOc1c(C)cccc1C. The lowest BCUT2D eigenvalue weighted by Gasteiger charge is -2.10. The molecule has 24 heavy (non-hydrogen) atoms. The molecule has 0 aliphatic heterocycles. The molecule has 0 saturated carbocycles. The highest BCUT2D eigenvalue weighted by Crippen LogP contribution is 2.32.